The average molecular weight is 301 g/mol. The maximum Gasteiger partial charge on any atom is 0.242 e. The van der Waals surface area contributed by atoms with Gasteiger partial charge in [-0.05, 0) is 31.2 Å². The van der Waals surface area contributed by atoms with Gasteiger partial charge in [-0.25, -0.2) is 18.1 Å². The Bertz CT molecular complexity index is 516. The van der Waals surface area contributed by atoms with E-state index in [4.69, 9.17) is 0 Å². The van der Waals surface area contributed by atoms with Crippen molar-refractivity contribution in [3.05, 3.63) is 18.3 Å². The van der Waals surface area contributed by atoms with Gasteiger partial charge in [-0.1, -0.05) is 6.42 Å². The van der Waals surface area contributed by atoms with Gasteiger partial charge in [-0.2, -0.15) is 11.8 Å². The lowest BCUT2D eigenvalue weighted by Gasteiger charge is -2.19. The number of hydrogen-bond acceptors (Lipinski definition) is 5. The van der Waals surface area contributed by atoms with Gasteiger partial charge in [0.25, 0.3) is 0 Å². The van der Waals surface area contributed by atoms with Crippen molar-refractivity contribution in [2.45, 2.75) is 35.4 Å². The quantitative estimate of drug-likeness (QED) is 0.866. The predicted molar refractivity (Wildman–Crippen MR) is 79.0 cm³/mol. The van der Waals surface area contributed by atoms with Crippen LogP contribution in [-0.4, -0.2) is 38.0 Å². The first kappa shape index (κ1) is 14.6. The molecule has 1 saturated carbocycles. The van der Waals surface area contributed by atoms with Crippen molar-refractivity contribution in [2.75, 3.05) is 18.6 Å². The molecule has 1 aliphatic carbocycles. The Morgan fingerprint density at radius 3 is 2.74 bits per heavy atom. The SMILES string of the molecule is CNc1ccc(S(=O)(=O)NC2CCCC2SC)cn1. The standard InChI is InChI=1S/C12H19N3O2S2/c1-13-12-7-6-9(8-14-12)19(16,17)15-10-4-3-5-11(10)18-2/h6-8,10-11,15H,3-5H2,1-2H3,(H,13,14). The number of aromatic nitrogens is 1. The minimum atomic E-state index is -3.47. The summed E-state index contributed by atoms with van der Waals surface area (Å²) in [7, 11) is -1.72. The molecule has 0 saturated heterocycles. The number of rotatable bonds is 5. The van der Waals surface area contributed by atoms with Crippen molar-refractivity contribution >= 4 is 27.6 Å². The van der Waals surface area contributed by atoms with Crippen LogP contribution < -0.4 is 10.0 Å². The molecule has 2 unspecified atom stereocenters. The number of sulfonamides is 1. The molecular weight excluding hydrogens is 282 g/mol. The summed E-state index contributed by atoms with van der Waals surface area (Å²) in [4.78, 5) is 4.26. The van der Waals surface area contributed by atoms with Crippen molar-refractivity contribution in [1.82, 2.24) is 9.71 Å². The zero-order chi connectivity index (χ0) is 13.9. The highest BCUT2D eigenvalue weighted by Gasteiger charge is 2.30. The first-order valence-electron chi connectivity index (χ1n) is 6.26. The van der Waals surface area contributed by atoms with Gasteiger partial charge in [-0.3, -0.25) is 0 Å². The fourth-order valence-corrected chi connectivity index (χ4v) is 4.57. The van der Waals surface area contributed by atoms with E-state index in [1.165, 1.54) is 6.20 Å². The lowest BCUT2D eigenvalue weighted by atomic mass is 10.3. The smallest absolute Gasteiger partial charge is 0.242 e. The van der Waals surface area contributed by atoms with Crippen LogP contribution in [0.25, 0.3) is 0 Å². The number of anilines is 1. The number of thioether (sulfide) groups is 1. The van der Waals surface area contributed by atoms with Gasteiger partial charge in [0, 0.05) is 24.5 Å². The molecule has 0 spiro atoms. The van der Waals surface area contributed by atoms with Gasteiger partial charge in [0.2, 0.25) is 10.0 Å². The molecule has 1 aromatic rings. The van der Waals surface area contributed by atoms with E-state index in [0.29, 0.717) is 11.1 Å². The van der Waals surface area contributed by atoms with Gasteiger partial charge in [-0.15, -0.1) is 0 Å². The van der Waals surface area contributed by atoms with Gasteiger partial charge < -0.3 is 5.32 Å². The van der Waals surface area contributed by atoms with Crippen molar-refractivity contribution < 1.29 is 8.42 Å². The summed E-state index contributed by atoms with van der Waals surface area (Å²) in [6, 6.07) is 3.27. The zero-order valence-corrected chi connectivity index (χ0v) is 12.7. The third-order valence-corrected chi connectivity index (χ3v) is 6.01. The third-order valence-electron chi connectivity index (χ3n) is 3.36. The topological polar surface area (TPSA) is 71.1 Å². The van der Waals surface area contributed by atoms with Crippen LogP contribution in [-0.2, 0) is 10.0 Å². The highest BCUT2D eigenvalue weighted by molar-refractivity contribution is 7.99. The Balaban J connectivity index is 2.13. The van der Waals surface area contributed by atoms with Crippen LogP contribution in [0, 0.1) is 0 Å². The first-order chi connectivity index (χ1) is 9.06. The Morgan fingerprint density at radius 1 is 1.37 bits per heavy atom. The molecule has 0 radical (unpaired) electrons. The molecule has 0 aliphatic heterocycles. The minimum Gasteiger partial charge on any atom is -0.373 e. The summed E-state index contributed by atoms with van der Waals surface area (Å²) in [5.74, 6) is 0.654. The number of hydrogen-bond donors (Lipinski definition) is 2. The molecule has 0 amide bonds. The number of pyridine rings is 1. The van der Waals surface area contributed by atoms with Crippen LogP contribution in [0.1, 0.15) is 19.3 Å². The van der Waals surface area contributed by atoms with E-state index in [1.54, 1.807) is 30.9 Å². The lowest BCUT2D eigenvalue weighted by molar-refractivity contribution is 0.555. The Hall–Kier alpha value is -0.790. The molecule has 2 atom stereocenters. The van der Waals surface area contributed by atoms with E-state index in [0.717, 1.165) is 19.3 Å². The third kappa shape index (κ3) is 3.40. The van der Waals surface area contributed by atoms with Crippen LogP contribution in [0.2, 0.25) is 0 Å². The summed E-state index contributed by atoms with van der Waals surface area (Å²) in [5, 5.41) is 3.24. The first-order valence-corrected chi connectivity index (χ1v) is 9.03. The second-order valence-electron chi connectivity index (χ2n) is 4.56. The van der Waals surface area contributed by atoms with E-state index in [-0.39, 0.29) is 10.9 Å². The molecule has 0 bridgehead atoms. The highest BCUT2D eigenvalue weighted by Crippen LogP contribution is 2.29. The predicted octanol–water partition coefficient (Wildman–Crippen LogP) is 1.69. The van der Waals surface area contributed by atoms with E-state index in [1.807, 2.05) is 6.26 Å². The largest absolute Gasteiger partial charge is 0.373 e. The minimum absolute atomic E-state index is 0.0315. The van der Waals surface area contributed by atoms with Crippen LogP contribution in [0.15, 0.2) is 23.2 Å². The maximum absolute atomic E-state index is 12.3. The molecule has 106 valence electrons. The monoisotopic (exact) mass is 301 g/mol. The van der Waals surface area contributed by atoms with Crippen molar-refractivity contribution in [2.24, 2.45) is 0 Å². The van der Waals surface area contributed by atoms with E-state index < -0.39 is 10.0 Å². The molecule has 1 heterocycles. The summed E-state index contributed by atoms with van der Waals surface area (Å²) in [6.07, 6.45) is 6.48. The van der Waals surface area contributed by atoms with E-state index in [9.17, 15) is 8.42 Å². The van der Waals surface area contributed by atoms with Crippen molar-refractivity contribution in [1.29, 1.82) is 0 Å². The average Bonchev–Trinajstić information content (AvgIpc) is 2.85. The normalized spacial score (nSPS) is 23.5. The second kappa shape index (κ2) is 6.11. The highest BCUT2D eigenvalue weighted by atomic mass is 32.2. The van der Waals surface area contributed by atoms with Crippen LogP contribution >= 0.6 is 11.8 Å². The summed E-state index contributed by atoms with van der Waals surface area (Å²) >= 11 is 1.73. The molecule has 2 N–H and O–H groups in total. The summed E-state index contributed by atoms with van der Waals surface area (Å²) in [5.41, 5.74) is 0. The van der Waals surface area contributed by atoms with Crippen LogP contribution in [0.5, 0.6) is 0 Å². The zero-order valence-electron chi connectivity index (χ0n) is 11.1. The molecule has 19 heavy (non-hydrogen) atoms. The molecule has 1 aliphatic rings. The Labute approximate surface area is 118 Å². The molecule has 0 aromatic carbocycles. The fraction of sp³-hybridized carbons (Fsp3) is 0.583. The Kier molecular flexibility index (Phi) is 4.70. The second-order valence-corrected chi connectivity index (χ2v) is 7.35. The summed E-state index contributed by atoms with van der Waals surface area (Å²) in [6.45, 7) is 0. The molecule has 5 nitrogen and oxygen atoms in total. The molecule has 7 heteroatoms. The van der Waals surface area contributed by atoms with Crippen LogP contribution in [0.4, 0.5) is 5.82 Å². The van der Waals surface area contributed by atoms with Gasteiger partial charge in [0.15, 0.2) is 0 Å². The molecular formula is C12H19N3O2S2. The molecule has 2 rings (SSSR count). The van der Waals surface area contributed by atoms with Gasteiger partial charge in [0.05, 0.1) is 0 Å². The molecule has 1 fully saturated rings. The number of nitrogens with zero attached hydrogens (tertiary/aromatic N) is 1. The molecule has 1 aromatic heterocycles. The van der Waals surface area contributed by atoms with Crippen molar-refractivity contribution in [3.8, 4) is 0 Å². The van der Waals surface area contributed by atoms with Crippen LogP contribution in [0.3, 0.4) is 0 Å². The Morgan fingerprint density at radius 2 is 2.16 bits per heavy atom. The number of nitrogens with one attached hydrogen (secondary N) is 2. The van der Waals surface area contributed by atoms with Gasteiger partial charge in [0.1, 0.15) is 10.7 Å². The van der Waals surface area contributed by atoms with E-state index >= 15 is 0 Å². The van der Waals surface area contributed by atoms with Crippen molar-refractivity contribution in [3.63, 3.8) is 0 Å². The summed E-state index contributed by atoms with van der Waals surface area (Å²) < 4.78 is 27.3. The fourth-order valence-electron chi connectivity index (χ4n) is 2.30. The lowest BCUT2D eigenvalue weighted by Crippen LogP contribution is -2.38. The maximum atomic E-state index is 12.3. The van der Waals surface area contributed by atoms with E-state index in [2.05, 4.69) is 15.0 Å². The van der Waals surface area contributed by atoms with Gasteiger partial charge >= 0.3 is 0 Å².